The predicted molar refractivity (Wildman–Crippen MR) is 83.3 cm³/mol. The van der Waals surface area contributed by atoms with Gasteiger partial charge in [0.1, 0.15) is 5.75 Å². The standard InChI is InChI=1S/C15H18N4O4/c1-11-5-3-4-6-13(11)23-10-15(20)16-7-8-18-12(2)9-14(17-18)19(21)22/h3-6,9H,7-8,10H2,1-2H3,(H,16,20). The first-order valence-corrected chi connectivity index (χ1v) is 7.11. The van der Waals surface area contributed by atoms with Crippen molar-refractivity contribution in [1.29, 1.82) is 0 Å². The first-order valence-electron chi connectivity index (χ1n) is 7.11. The molecule has 2 rings (SSSR count). The van der Waals surface area contributed by atoms with Crippen LogP contribution in [0.3, 0.4) is 0 Å². The fourth-order valence-corrected chi connectivity index (χ4v) is 2.02. The highest BCUT2D eigenvalue weighted by Crippen LogP contribution is 2.15. The number of hydrogen-bond acceptors (Lipinski definition) is 5. The van der Waals surface area contributed by atoms with Crippen LogP contribution in [0.25, 0.3) is 0 Å². The van der Waals surface area contributed by atoms with Crippen LogP contribution in [0.4, 0.5) is 5.82 Å². The molecule has 1 N–H and O–H groups in total. The summed E-state index contributed by atoms with van der Waals surface area (Å²) in [6, 6.07) is 8.83. The molecule has 0 saturated carbocycles. The van der Waals surface area contributed by atoms with Crippen molar-refractivity contribution < 1.29 is 14.5 Å². The summed E-state index contributed by atoms with van der Waals surface area (Å²) in [7, 11) is 0. The summed E-state index contributed by atoms with van der Waals surface area (Å²) < 4.78 is 6.92. The van der Waals surface area contributed by atoms with Crippen molar-refractivity contribution in [1.82, 2.24) is 15.1 Å². The maximum absolute atomic E-state index is 11.7. The Labute approximate surface area is 133 Å². The highest BCUT2D eigenvalue weighted by Gasteiger charge is 2.15. The van der Waals surface area contributed by atoms with E-state index in [-0.39, 0.29) is 18.3 Å². The van der Waals surface area contributed by atoms with Gasteiger partial charge in [-0.25, -0.2) is 0 Å². The van der Waals surface area contributed by atoms with Gasteiger partial charge in [-0.1, -0.05) is 18.2 Å². The smallest absolute Gasteiger partial charge is 0.390 e. The third kappa shape index (κ3) is 4.53. The molecule has 0 aliphatic carbocycles. The molecule has 0 aliphatic rings. The van der Waals surface area contributed by atoms with Crippen LogP contribution in [0.1, 0.15) is 11.3 Å². The summed E-state index contributed by atoms with van der Waals surface area (Å²) in [5, 5.41) is 17.2. The van der Waals surface area contributed by atoms with Crippen molar-refractivity contribution >= 4 is 11.7 Å². The Hall–Kier alpha value is -2.90. The Bertz CT molecular complexity index is 711. The van der Waals surface area contributed by atoms with E-state index in [1.165, 1.54) is 10.7 Å². The molecule has 122 valence electrons. The zero-order valence-corrected chi connectivity index (χ0v) is 13.0. The molecule has 0 bridgehead atoms. The first kappa shape index (κ1) is 16.5. The van der Waals surface area contributed by atoms with Gasteiger partial charge in [0.15, 0.2) is 6.61 Å². The van der Waals surface area contributed by atoms with E-state index in [1.54, 1.807) is 13.0 Å². The van der Waals surface area contributed by atoms with Gasteiger partial charge >= 0.3 is 5.82 Å². The lowest BCUT2D eigenvalue weighted by Gasteiger charge is -2.09. The molecule has 1 aromatic heterocycles. The zero-order valence-electron chi connectivity index (χ0n) is 13.0. The lowest BCUT2D eigenvalue weighted by atomic mass is 10.2. The van der Waals surface area contributed by atoms with Crippen LogP contribution in [-0.2, 0) is 11.3 Å². The predicted octanol–water partition coefficient (Wildman–Crippen LogP) is 1.60. The normalized spacial score (nSPS) is 10.3. The molecule has 8 nitrogen and oxygen atoms in total. The molecule has 0 aliphatic heterocycles. The average Bonchev–Trinajstić information content (AvgIpc) is 2.88. The molecule has 1 heterocycles. The number of aryl methyl sites for hydroxylation is 2. The largest absolute Gasteiger partial charge is 0.484 e. The molecule has 0 radical (unpaired) electrons. The summed E-state index contributed by atoms with van der Waals surface area (Å²) in [5.74, 6) is 0.213. The van der Waals surface area contributed by atoms with E-state index in [4.69, 9.17) is 4.74 Å². The Kier molecular flexibility index (Phi) is 5.29. The molecule has 0 atom stereocenters. The van der Waals surface area contributed by atoms with Gasteiger partial charge in [-0.15, -0.1) is 0 Å². The van der Waals surface area contributed by atoms with E-state index in [0.717, 1.165) is 5.56 Å². The number of nitrogens with one attached hydrogen (secondary N) is 1. The summed E-state index contributed by atoms with van der Waals surface area (Å²) in [6.45, 7) is 4.22. The second kappa shape index (κ2) is 7.39. The maximum Gasteiger partial charge on any atom is 0.390 e. The number of hydrogen-bond donors (Lipinski definition) is 1. The van der Waals surface area contributed by atoms with Gasteiger partial charge in [-0.3, -0.25) is 4.79 Å². The molecule has 1 aromatic carbocycles. The number of nitrogens with zero attached hydrogens (tertiary/aromatic N) is 3. The highest BCUT2D eigenvalue weighted by molar-refractivity contribution is 5.77. The van der Waals surface area contributed by atoms with Crippen LogP contribution < -0.4 is 10.1 Å². The molecule has 8 heteroatoms. The van der Waals surface area contributed by atoms with Crippen LogP contribution in [0, 0.1) is 24.0 Å². The summed E-state index contributed by atoms with van der Waals surface area (Å²) >= 11 is 0. The molecule has 2 aromatic rings. The second-order valence-corrected chi connectivity index (χ2v) is 5.03. The van der Waals surface area contributed by atoms with E-state index in [2.05, 4.69) is 10.4 Å². The van der Waals surface area contributed by atoms with Gasteiger partial charge in [0.25, 0.3) is 5.91 Å². The van der Waals surface area contributed by atoms with Crippen molar-refractivity contribution in [2.75, 3.05) is 13.2 Å². The Morgan fingerprint density at radius 3 is 2.78 bits per heavy atom. The minimum absolute atomic E-state index is 0.0803. The number of para-hydroxylation sites is 1. The number of ether oxygens (including phenoxy) is 1. The van der Waals surface area contributed by atoms with Gasteiger partial charge < -0.3 is 20.2 Å². The highest BCUT2D eigenvalue weighted by atomic mass is 16.6. The molecule has 23 heavy (non-hydrogen) atoms. The minimum atomic E-state index is -0.544. The summed E-state index contributed by atoms with van der Waals surface area (Å²) in [5.41, 5.74) is 1.63. The third-order valence-corrected chi connectivity index (χ3v) is 3.25. The van der Waals surface area contributed by atoms with Gasteiger partial charge in [0.2, 0.25) is 0 Å². The van der Waals surface area contributed by atoms with Crippen molar-refractivity contribution in [2.45, 2.75) is 20.4 Å². The average molecular weight is 318 g/mol. The van der Waals surface area contributed by atoms with E-state index >= 15 is 0 Å². The van der Waals surface area contributed by atoms with E-state index < -0.39 is 4.92 Å². The monoisotopic (exact) mass is 318 g/mol. The van der Waals surface area contributed by atoms with E-state index in [9.17, 15) is 14.9 Å². The Morgan fingerprint density at radius 2 is 2.13 bits per heavy atom. The summed E-state index contributed by atoms with van der Waals surface area (Å²) in [6.07, 6.45) is 0. The Morgan fingerprint density at radius 1 is 1.39 bits per heavy atom. The van der Waals surface area contributed by atoms with Gasteiger partial charge in [0.05, 0.1) is 23.4 Å². The lowest BCUT2D eigenvalue weighted by Crippen LogP contribution is -2.32. The Balaban J connectivity index is 1.77. The minimum Gasteiger partial charge on any atom is -0.484 e. The molecule has 0 saturated heterocycles. The van der Waals surface area contributed by atoms with Gasteiger partial charge in [-0.05, 0) is 30.4 Å². The van der Waals surface area contributed by atoms with Gasteiger partial charge in [0, 0.05) is 6.54 Å². The lowest BCUT2D eigenvalue weighted by molar-refractivity contribution is -0.389. The molecule has 0 fully saturated rings. The first-order chi connectivity index (χ1) is 11.0. The van der Waals surface area contributed by atoms with Crippen LogP contribution in [0.2, 0.25) is 0 Å². The SMILES string of the molecule is Cc1ccccc1OCC(=O)NCCn1nc([N+](=O)[O-])cc1C. The summed E-state index contributed by atoms with van der Waals surface area (Å²) in [4.78, 5) is 21.8. The number of benzene rings is 1. The van der Waals surface area contributed by atoms with Gasteiger partial charge in [-0.2, -0.15) is 4.68 Å². The quantitative estimate of drug-likeness (QED) is 0.617. The molecule has 0 spiro atoms. The number of amides is 1. The number of rotatable bonds is 7. The fourth-order valence-electron chi connectivity index (χ4n) is 2.02. The van der Waals surface area contributed by atoms with Crippen LogP contribution >= 0.6 is 0 Å². The van der Waals surface area contributed by atoms with Crippen molar-refractivity contribution in [2.24, 2.45) is 0 Å². The number of carbonyl (C=O) groups excluding carboxylic acids is 1. The van der Waals surface area contributed by atoms with Crippen LogP contribution in [0.5, 0.6) is 5.75 Å². The number of nitro groups is 1. The fraction of sp³-hybridized carbons (Fsp3) is 0.333. The van der Waals surface area contributed by atoms with Crippen molar-refractivity contribution in [3.8, 4) is 5.75 Å². The maximum atomic E-state index is 11.7. The van der Waals surface area contributed by atoms with E-state index in [0.29, 0.717) is 24.5 Å². The van der Waals surface area contributed by atoms with Crippen molar-refractivity contribution in [3.63, 3.8) is 0 Å². The van der Waals surface area contributed by atoms with Crippen LogP contribution in [0.15, 0.2) is 30.3 Å². The van der Waals surface area contributed by atoms with Crippen LogP contribution in [-0.4, -0.2) is 33.8 Å². The zero-order chi connectivity index (χ0) is 16.8. The molecule has 1 amide bonds. The topological polar surface area (TPSA) is 99.3 Å². The molecule has 0 unspecified atom stereocenters. The molecular weight excluding hydrogens is 300 g/mol. The van der Waals surface area contributed by atoms with Crippen molar-refractivity contribution in [3.05, 3.63) is 51.7 Å². The number of aromatic nitrogens is 2. The number of carbonyl (C=O) groups is 1. The molecular formula is C15H18N4O4. The third-order valence-electron chi connectivity index (χ3n) is 3.25. The van der Waals surface area contributed by atoms with E-state index in [1.807, 2.05) is 25.1 Å². The second-order valence-electron chi connectivity index (χ2n) is 5.03.